The van der Waals surface area contributed by atoms with Gasteiger partial charge in [0.1, 0.15) is 0 Å². The smallest absolute Gasteiger partial charge is 0.246 e. The number of halogens is 2. The molecule has 1 aromatic carbocycles. The Morgan fingerprint density at radius 3 is 2.88 bits per heavy atom. The van der Waals surface area contributed by atoms with Crippen LogP contribution in [0.2, 0.25) is 10.0 Å². The molecule has 1 fully saturated rings. The van der Waals surface area contributed by atoms with Crippen LogP contribution in [0.1, 0.15) is 18.4 Å². The molecule has 0 spiro atoms. The largest absolute Gasteiger partial charge is 0.273 e. The lowest BCUT2D eigenvalue weighted by molar-refractivity contribution is -0.168. The van der Waals surface area contributed by atoms with Crippen molar-refractivity contribution < 1.29 is 9.63 Å². The quantitative estimate of drug-likeness (QED) is 0.847. The Morgan fingerprint density at radius 2 is 2.24 bits per heavy atom. The minimum absolute atomic E-state index is 0.00789. The van der Waals surface area contributed by atoms with Gasteiger partial charge >= 0.3 is 0 Å². The number of rotatable bonds is 3. The highest BCUT2D eigenvalue weighted by atomic mass is 35.5. The van der Waals surface area contributed by atoms with Crippen molar-refractivity contribution >= 4 is 29.1 Å². The first-order chi connectivity index (χ1) is 8.16. The van der Waals surface area contributed by atoms with Crippen LogP contribution in [0.4, 0.5) is 0 Å². The Bertz CT molecular complexity index is 417. The molecule has 17 heavy (non-hydrogen) atoms. The van der Waals surface area contributed by atoms with Crippen LogP contribution >= 0.6 is 23.2 Å². The van der Waals surface area contributed by atoms with Crippen molar-refractivity contribution in [3.8, 4) is 0 Å². The molecule has 1 amide bonds. The fourth-order valence-electron chi connectivity index (χ4n) is 1.73. The van der Waals surface area contributed by atoms with E-state index in [1.54, 1.807) is 12.1 Å². The molecular weight excluding hydrogens is 261 g/mol. The van der Waals surface area contributed by atoms with Gasteiger partial charge in [0.15, 0.2) is 0 Å². The highest BCUT2D eigenvalue weighted by molar-refractivity contribution is 6.35. The minimum atomic E-state index is 0.00789. The second-order valence-corrected chi connectivity index (χ2v) is 4.76. The van der Waals surface area contributed by atoms with Gasteiger partial charge in [-0.3, -0.25) is 9.63 Å². The van der Waals surface area contributed by atoms with E-state index in [1.807, 2.05) is 6.07 Å². The molecule has 0 radical (unpaired) electrons. The van der Waals surface area contributed by atoms with Crippen LogP contribution in [0.3, 0.4) is 0 Å². The second kappa shape index (κ2) is 5.71. The predicted octanol–water partition coefficient (Wildman–Crippen LogP) is 3.09. The molecule has 1 aliphatic rings. The van der Waals surface area contributed by atoms with Gasteiger partial charge in [0, 0.05) is 16.5 Å². The highest BCUT2D eigenvalue weighted by Crippen LogP contribution is 2.22. The van der Waals surface area contributed by atoms with Gasteiger partial charge in [-0.15, -0.1) is 0 Å². The van der Waals surface area contributed by atoms with Crippen molar-refractivity contribution in [1.82, 2.24) is 5.06 Å². The van der Waals surface area contributed by atoms with Gasteiger partial charge < -0.3 is 0 Å². The summed E-state index contributed by atoms with van der Waals surface area (Å²) in [4.78, 5) is 16.9. The highest BCUT2D eigenvalue weighted by Gasteiger charge is 2.19. The fraction of sp³-hybridized carbons (Fsp3) is 0.417. The van der Waals surface area contributed by atoms with Gasteiger partial charge in [0.25, 0.3) is 0 Å². The molecule has 3 nitrogen and oxygen atoms in total. The number of aryl methyl sites for hydroxylation is 1. The third kappa shape index (κ3) is 3.35. The molecule has 1 aromatic rings. The predicted molar refractivity (Wildman–Crippen MR) is 67.1 cm³/mol. The molecular formula is C12H13Cl2NO2. The normalized spacial score (nSPS) is 15.3. The van der Waals surface area contributed by atoms with Crippen LogP contribution in [0.25, 0.3) is 0 Å². The Balaban J connectivity index is 1.90. The Kier molecular flexibility index (Phi) is 4.26. The monoisotopic (exact) mass is 273 g/mol. The van der Waals surface area contributed by atoms with Crippen molar-refractivity contribution in [2.45, 2.75) is 19.3 Å². The number of carbonyl (C=O) groups is 1. The first-order valence-corrected chi connectivity index (χ1v) is 6.29. The van der Waals surface area contributed by atoms with Crippen molar-refractivity contribution in [2.24, 2.45) is 0 Å². The number of benzene rings is 1. The maximum absolute atomic E-state index is 11.7. The molecule has 1 saturated heterocycles. The zero-order chi connectivity index (χ0) is 12.3. The average Bonchev–Trinajstić information content (AvgIpc) is 2.81. The Labute approximate surface area is 110 Å². The number of carbonyl (C=O) groups excluding carboxylic acids is 1. The summed E-state index contributed by atoms with van der Waals surface area (Å²) in [5.74, 6) is 0.00789. The van der Waals surface area contributed by atoms with Crippen molar-refractivity contribution in [2.75, 3.05) is 13.2 Å². The van der Waals surface area contributed by atoms with Crippen molar-refractivity contribution in [3.63, 3.8) is 0 Å². The van der Waals surface area contributed by atoms with Crippen LogP contribution in [0.15, 0.2) is 18.2 Å². The zero-order valence-electron chi connectivity index (χ0n) is 9.29. The second-order valence-electron chi connectivity index (χ2n) is 3.92. The van der Waals surface area contributed by atoms with E-state index in [9.17, 15) is 4.79 Å². The lowest BCUT2D eigenvalue weighted by Gasteiger charge is -2.13. The number of hydrogen-bond acceptors (Lipinski definition) is 2. The Hall–Kier alpha value is -0.770. The lowest BCUT2D eigenvalue weighted by atomic mass is 10.1. The van der Waals surface area contributed by atoms with E-state index >= 15 is 0 Å². The SMILES string of the molecule is O=C(CCc1ccc(Cl)cc1Cl)N1CCCO1. The van der Waals surface area contributed by atoms with Crippen LogP contribution < -0.4 is 0 Å². The van der Waals surface area contributed by atoms with Gasteiger partial charge in [-0.25, -0.2) is 5.06 Å². The molecule has 0 bridgehead atoms. The van der Waals surface area contributed by atoms with Gasteiger partial charge in [0.2, 0.25) is 5.91 Å². The van der Waals surface area contributed by atoms with E-state index in [2.05, 4.69) is 0 Å². The van der Waals surface area contributed by atoms with E-state index in [-0.39, 0.29) is 5.91 Å². The number of nitrogens with zero attached hydrogens (tertiary/aromatic N) is 1. The molecule has 0 aliphatic carbocycles. The molecule has 1 aliphatic heterocycles. The van der Waals surface area contributed by atoms with Gasteiger partial charge in [-0.05, 0) is 30.5 Å². The topological polar surface area (TPSA) is 29.5 Å². The number of hydrogen-bond donors (Lipinski definition) is 0. The molecule has 5 heteroatoms. The molecule has 0 atom stereocenters. The zero-order valence-corrected chi connectivity index (χ0v) is 10.8. The molecule has 1 heterocycles. The summed E-state index contributed by atoms with van der Waals surface area (Å²) in [5, 5.41) is 2.64. The number of hydroxylamine groups is 2. The van der Waals surface area contributed by atoms with E-state index in [0.29, 0.717) is 36.0 Å². The van der Waals surface area contributed by atoms with Crippen LogP contribution in [-0.4, -0.2) is 24.1 Å². The summed E-state index contributed by atoms with van der Waals surface area (Å²) in [5.41, 5.74) is 0.934. The molecule has 2 rings (SSSR count). The lowest BCUT2D eigenvalue weighted by Crippen LogP contribution is -2.26. The van der Waals surface area contributed by atoms with Crippen LogP contribution in [0, 0.1) is 0 Å². The maximum atomic E-state index is 11.7. The molecule has 0 saturated carbocycles. The van der Waals surface area contributed by atoms with Crippen LogP contribution in [-0.2, 0) is 16.1 Å². The third-order valence-corrected chi connectivity index (χ3v) is 3.24. The summed E-state index contributed by atoms with van der Waals surface area (Å²) in [6, 6.07) is 5.32. The molecule has 0 N–H and O–H groups in total. The van der Waals surface area contributed by atoms with Crippen LogP contribution in [0.5, 0.6) is 0 Å². The summed E-state index contributed by atoms with van der Waals surface area (Å²) in [6.07, 6.45) is 1.92. The molecule has 0 aromatic heterocycles. The summed E-state index contributed by atoms with van der Waals surface area (Å²) in [7, 11) is 0. The summed E-state index contributed by atoms with van der Waals surface area (Å²) >= 11 is 11.8. The minimum Gasteiger partial charge on any atom is -0.273 e. The number of amides is 1. The van der Waals surface area contributed by atoms with Gasteiger partial charge in [-0.2, -0.15) is 0 Å². The maximum Gasteiger partial charge on any atom is 0.246 e. The Morgan fingerprint density at radius 1 is 1.41 bits per heavy atom. The molecule has 92 valence electrons. The summed E-state index contributed by atoms with van der Waals surface area (Å²) < 4.78 is 0. The van der Waals surface area contributed by atoms with E-state index < -0.39 is 0 Å². The molecule has 0 unspecified atom stereocenters. The van der Waals surface area contributed by atoms with Crippen molar-refractivity contribution in [3.05, 3.63) is 33.8 Å². The van der Waals surface area contributed by atoms with Gasteiger partial charge in [-0.1, -0.05) is 29.3 Å². The van der Waals surface area contributed by atoms with E-state index in [0.717, 1.165) is 12.0 Å². The van der Waals surface area contributed by atoms with Crippen molar-refractivity contribution in [1.29, 1.82) is 0 Å². The summed E-state index contributed by atoms with van der Waals surface area (Å²) in [6.45, 7) is 1.32. The third-order valence-electron chi connectivity index (χ3n) is 2.65. The average molecular weight is 274 g/mol. The van der Waals surface area contributed by atoms with E-state index in [1.165, 1.54) is 5.06 Å². The fourth-order valence-corrected chi connectivity index (χ4v) is 2.24. The first-order valence-electron chi connectivity index (χ1n) is 5.54. The first kappa shape index (κ1) is 12.7. The standard InChI is InChI=1S/C12H13Cl2NO2/c13-10-4-2-9(11(14)8-10)3-5-12(16)15-6-1-7-17-15/h2,4,8H,1,3,5-7H2. The van der Waals surface area contributed by atoms with Gasteiger partial charge in [0.05, 0.1) is 13.2 Å². The van der Waals surface area contributed by atoms with E-state index in [4.69, 9.17) is 28.0 Å².